The average Bonchev–Trinajstić information content (AvgIpc) is 2.61. The lowest BCUT2D eigenvalue weighted by molar-refractivity contribution is 0.581. The molecule has 3 aliphatic rings. The molecule has 0 saturated heterocycles. The molecular weight excluding hydrogens is 284 g/mol. The Bertz CT molecular complexity index is 727. The Labute approximate surface area is 138 Å². The number of hydrogen-bond acceptors (Lipinski definition) is 1. The summed E-state index contributed by atoms with van der Waals surface area (Å²) in [6.45, 7) is 13.9. The first-order chi connectivity index (χ1) is 10.2. The van der Waals surface area contributed by atoms with E-state index in [1.54, 1.807) is 0 Å². The molecule has 2 aliphatic carbocycles. The van der Waals surface area contributed by atoms with Crippen LogP contribution in [0.2, 0.25) is 0 Å². The molecule has 0 bridgehead atoms. The molecular formula is C21H26S. The first kappa shape index (κ1) is 15.6. The second kappa shape index (κ2) is 5.09. The molecule has 0 unspecified atom stereocenters. The van der Waals surface area contributed by atoms with Gasteiger partial charge in [-0.25, -0.2) is 0 Å². The number of rotatable bonds is 0. The quantitative estimate of drug-likeness (QED) is 0.516. The highest BCUT2D eigenvalue weighted by molar-refractivity contribution is 7.15. The molecule has 0 aromatic carbocycles. The van der Waals surface area contributed by atoms with E-state index >= 15 is 0 Å². The molecule has 1 heterocycles. The lowest BCUT2D eigenvalue weighted by atomic mass is 9.85. The largest absolute Gasteiger partial charge is 0.139 e. The van der Waals surface area contributed by atoms with E-state index in [0.717, 1.165) is 6.42 Å². The highest BCUT2D eigenvalue weighted by atomic mass is 32.1. The van der Waals surface area contributed by atoms with Crippen molar-refractivity contribution < 1.29 is 0 Å². The van der Waals surface area contributed by atoms with Crippen LogP contribution in [-0.4, -0.2) is 0 Å². The molecule has 0 radical (unpaired) electrons. The summed E-state index contributed by atoms with van der Waals surface area (Å²) in [6.07, 6.45) is 9.88. The molecule has 0 fully saturated rings. The van der Waals surface area contributed by atoms with E-state index in [1.165, 1.54) is 32.0 Å². The minimum atomic E-state index is 0.176. The second-order valence-electron chi connectivity index (χ2n) is 8.33. The monoisotopic (exact) mass is 310 g/mol. The van der Waals surface area contributed by atoms with Gasteiger partial charge in [0.05, 0.1) is 0 Å². The Morgan fingerprint density at radius 1 is 0.864 bits per heavy atom. The fourth-order valence-corrected chi connectivity index (χ4v) is 4.54. The highest BCUT2D eigenvalue weighted by Crippen LogP contribution is 2.47. The van der Waals surface area contributed by atoms with Crippen LogP contribution in [0.1, 0.15) is 63.1 Å². The molecule has 22 heavy (non-hydrogen) atoms. The summed E-state index contributed by atoms with van der Waals surface area (Å²) in [5.74, 6) is 0. The fraction of sp³-hybridized carbons (Fsp3) is 0.429. The number of hydrogen-bond donors (Lipinski definition) is 0. The van der Waals surface area contributed by atoms with E-state index in [0.29, 0.717) is 0 Å². The van der Waals surface area contributed by atoms with Gasteiger partial charge in [-0.3, -0.25) is 0 Å². The molecule has 0 aromatic rings. The minimum Gasteiger partial charge on any atom is -0.139 e. The van der Waals surface area contributed by atoms with E-state index in [4.69, 9.17) is 0 Å². The van der Waals surface area contributed by atoms with E-state index in [9.17, 15) is 0 Å². The zero-order chi connectivity index (χ0) is 16.1. The van der Waals surface area contributed by atoms with Gasteiger partial charge in [-0.05, 0) is 39.2 Å². The first-order valence-corrected chi connectivity index (χ1v) is 8.93. The molecule has 0 atom stereocenters. The maximum absolute atomic E-state index is 2.46. The summed E-state index contributed by atoms with van der Waals surface area (Å²) < 4.78 is 0. The van der Waals surface area contributed by atoms with Gasteiger partial charge in [-0.2, -0.15) is 0 Å². The third-order valence-corrected chi connectivity index (χ3v) is 5.65. The summed E-state index contributed by atoms with van der Waals surface area (Å²) in [4.78, 5) is 2.97. The van der Waals surface area contributed by atoms with Gasteiger partial charge < -0.3 is 0 Å². The van der Waals surface area contributed by atoms with Crippen LogP contribution >= 0.6 is 11.3 Å². The molecule has 0 N–H and O–H groups in total. The van der Waals surface area contributed by atoms with Crippen molar-refractivity contribution in [1.29, 1.82) is 0 Å². The van der Waals surface area contributed by atoms with Crippen LogP contribution in [0.15, 0.2) is 30.4 Å². The van der Waals surface area contributed by atoms with Gasteiger partial charge >= 0.3 is 0 Å². The van der Waals surface area contributed by atoms with Crippen LogP contribution in [0.3, 0.4) is 0 Å². The third-order valence-electron chi connectivity index (χ3n) is 4.36. The van der Waals surface area contributed by atoms with Crippen molar-refractivity contribution in [2.75, 3.05) is 0 Å². The second-order valence-corrected chi connectivity index (χ2v) is 9.44. The molecule has 3 rings (SSSR count). The SMILES string of the molecule is CC(C)(C)c1cc(C(C)(C)C)c2sc3c(cc1-2)C=CC=CC3. The van der Waals surface area contributed by atoms with Crippen molar-refractivity contribution in [3.63, 3.8) is 0 Å². The normalized spacial score (nSPS) is 15.2. The van der Waals surface area contributed by atoms with Gasteiger partial charge in [0, 0.05) is 16.2 Å². The lowest BCUT2D eigenvalue weighted by Crippen LogP contribution is -2.11. The van der Waals surface area contributed by atoms with Crippen LogP contribution < -0.4 is 0 Å². The Balaban J connectivity index is 2.33. The average molecular weight is 311 g/mol. The van der Waals surface area contributed by atoms with Crippen molar-refractivity contribution in [2.45, 2.75) is 58.8 Å². The molecule has 1 aliphatic heterocycles. The van der Waals surface area contributed by atoms with E-state index in [-0.39, 0.29) is 10.8 Å². The molecule has 0 spiro atoms. The smallest absolute Gasteiger partial charge is 0.0386 e. The molecule has 0 nitrogen and oxygen atoms in total. The van der Waals surface area contributed by atoms with Crippen molar-refractivity contribution >= 4 is 17.4 Å². The fourth-order valence-electron chi connectivity index (χ4n) is 3.12. The van der Waals surface area contributed by atoms with Crippen LogP contribution in [0.25, 0.3) is 16.5 Å². The van der Waals surface area contributed by atoms with Crippen molar-refractivity contribution in [3.05, 3.63) is 51.9 Å². The van der Waals surface area contributed by atoms with Crippen LogP contribution in [0, 0.1) is 0 Å². The van der Waals surface area contributed by atoms with Crippen LogP contribution in [-0.2, 0) is 17.3 Å². The van der Waals surface area contributed by atoms with Gasteiger partial charge in [0.15, 0.2) is 0 Å². The van der Waals surface area contributed by atoms with Gasteiger partial charge in [0.1, 0.15) is 0 Å². The zero-order valence-electron chi connectivity index (χ0n) is 14.6. The third kappa shape index (κ3) is 2.67. The summed E-state index contributed by atoms with van der Waals surface area (Å²) in [5, 5.41) is 0. The van der Waals surface area contributed by atoms with E-state index in [1.807, 2.05) is 11.3 Å². The Kier molecular flexibility index (Phi) is 3.60. The van der Waals surface area contributed by atoms with Gasteiger partial charge in [-0.15, -0.1) is 11.3 Å². The predicted octanol–water partition coefficient (Wildman–Crippen LogP) is 6.57. The topological polar surface area (TPSA) is 0 Å². The summed E-state index contributed by atoms with van der Waals surface area (Å²) in [6, 6.07) is 4.88. The first-order valence-electron chi connectivity index (χ1n) is 8.11. The molecule has 0 aromatic heterocycles. The van der Waals surface area contributed by atoms with E-state index < -0.39 is 0 Å². The van der Waals surface area contributed by atoms with Crippen molar-refractivity contribution in [3.8, 4) is 10.4 Å². The number of fused-ring (bicyclic) bond motifs is 2. The Hall–Kier alpha value is -1.34. The number of allylic oxidation sites excluding steroid dienone is 3. The minimum absolute atomic E-state index is 0.176. The molecule has 0 amide bonds. The van der Waals surface area contributed by atoms with Gasteiger partial charge in [0.2, 0.25) is 0 Å². The van der Waals surface area contributed by atoms with E-state index in [2.05, 4.69) is 78.0 Å². The predicted molar refractivity (Wildman–Crippen MR) is 100 cm³/mol. The molecule has 116 valence electrons. The van der Waals surface area contributed by atoms with Crippen molar-refractivity contribution in [1.82, 2.24) is 0 Å². The lowest BCUT2D eigenvalue weighted by Gasteiger charge is -2.21. The van der Waals surface area contributed by atoms with Gasteiger partial charge in [0.25, 0.3) is 0 Å². The Morgan fingerprint density at radius 2 is 1.55 bits per heavy atom. The highest BCUT2D eigenvalue weighted by Gasteiger charge is 2.30. The molecule has 0 saturated carbocycles. The summed E-state index contributed by atoms with van der Waals surface area (Å²) in [7, 11) is 0. The maximum Gasteiger partial charge on any atom is 0.0386 e. The Morgan fingerprint density at radius 3 is 2.18 bits per heavy atom. The summed E-state index contributed by atoms with van der Waals surface area (Å²) >= 11 is 1.99. The van der Waals surface area contributed by atoms with Crippen LogP contribution in [0.5, 0.6) is 0 Å². The summed E-state index contributed by atoms with van der Waals surface area (Å²) in [5.41, 5.74) is 6.18. The standard InChI is InChI=1S/C21H26S/c1-20(2,3)16-13-17(21(4,5)6)19-15(16)12-14-10-8-7-9-11-18(14)22-19/h7-10,12-13H,11H2,1-6H3. The van der Waals surface area contributed by atoms with Crippen molar-refractivity contribution in [2.24, 2.45) is 0 Å². The van der Waals surface area contributed by atoms with Gasteiger partial charge in [-0.1, -0.05) is 71.9 Å². The van der Waals surface area contributed by atoms with Crippen LogP contribution in [0.4, 0.5) is 0 Å². The zero-order valence-corrected chi connectivity index (χ0v) is 15.4. The maximum atomic E-state index is 2.46. The molecule has 1 heteroatoms.